The molecule has 1 aromatic rings. The molecule has 1 amide bonds. The summed E-state index contributed by atoms with van der Waals surface area (Å²) < 4.78 is 5.04. The Morgan fingerprint density at radius 1 is 1.33 bits per heavy atom. The first kappa shape index (κ1) is 13.0. The van der Waals surface area contributed by atoms with Crippen molar-refractivity contribution in [2.45, 2.75) is 25.7 Å². The normalized spacial score (nSPS) is 16.0. The number of furan rings is 1. The summed E-state index contributed by atoms with van der Waals surface area (Å²) in [6, 6.07) is 3.18. The van der Waals surface area contributed by atoms with E-state index in [1.807, 2.05) is 0 Å². The third kappa shape index (κ3) is 3.77. The highest BCUT2D eigenvalue weighted by Gasteiger charge is 2.11. The van der Waals surface area contributed by atoms with Crippen LogP contribution in [0, 0.1) is 0 Å². The van der Waals surface area contributed by atoms with Crippen molar-refractivity contribution in [2.75, 3.05) is 31.9 Å². The molecule has 1 saturated heterocycles. The van der Waals surface area contributed by atoms with E-state index in [1.54, 1.807) is 12.1 Å². The average Bonchev–Trinajstić information content (AvgIpc) is 2.99. The van der Waals surface area contributed by atoms with Crippen LogP contribution in [0.5, 0.6) is 0 Å². The number of carbonyl (C=O) groups is 1. The third-order valence-corrected chi connectivity index (χ3v) is 3.24. The van der Waals surface area contributed by atoms with Gasteiger partial charge in [-0.25, -0.2) is 0 Å². The minimum Gasteiger partial charge on any atom is -0.436 e. The number of nitrogens with zero attached hydrogens (tertiary/aromatic N) is 1. The van der Waals surface area contributed by atoms with Crippen molar-refractivity contribution in [3.05, 3.63) is 17.9 Å². The molecule has 0 aliphatic carbocycles. The molecule has 0 radical (unpaired) electrons. The number of carbonyl (C=O) groups excluding carboxylic acids is 1. The van der Waals surface area contributed by atoms with Crippen LogP contribution in [0.25, 0.3) is 0 Å². The van der Waals surface area contributed by atoms with E-state index >= 15 is 0 Å². The summed E-state index contributed by atoms with van der Waals surface area (Å²) in [5.74, 6) is 0.370. The lowest BCUT2D eigenvalue weighted by Crippen LogP contribution is -2.25. The zero-order valence-electron chi connectivity index (χ0n) is 10.7. The van der Waals surface area contributed by atoms with Gasteiger partial charge < -0.3 is 20.4 Å². The molecule has 5 nitrogen and oxygen atoms in total. The summed E-state index contributed by atoms with van der Waals surface area (Å²) in [6.45, 7) is 4.30. The van der Waals surface area contributed by atoms with Crippen LogP contribution in [0.1, 0.15) is 36.2 Å². The lowest BCUT2D eigenvalue weighted by atomic mass is 10.3. The molecular weight excluding hydrogens is 230 g/mol. The molecule has 5 heteroatoms. The topological polar surface area (TPSA) is 71.5 Å². The molecule has 1 aromatic heterocycles. The molecule has 1 aliphatic heterocycles. The maximum Gasteiger partial charge on any atom is 0.287 e. The molecule has 18 heavy (non-hydrogen) atoms. The fraction of sp³-hybridized carbons (Fsp3) is 0.615. The summed E-state index contributed by atoms with van der Waals surface area (Å²) in [4.78, 5) is 14.1. The number of nitrogens with one attached hydrogen (secondary N) is 1. The van der Waals surface area contributed by atoms with Gasteiger partial charge in [-0.05, 0) is 51.4 Å². The van der Waals surface area contributed by atoms with Crippen molar-refractivity contribution in [3.63, 3.8) is 0 Å². The molecule has 0 unspecified atom stereocenters. The zero-order valence-corrected chi connectivity index (χ0v) is 10.7. The van der Waals surface area contributed by atoms with Gasteiger partial charge in [-0.1, -0.05) is 0 Å². The minimum absolute atomic E-state index is 0.187. The summed E-state index contributed by atoms with van der Waals surface area (Å²) in [7, 11) is 0. The number of hydrogen-bond donors (Lipinski definition) is 2. The first-order chi connectivity index (χ1) is 8.75. The fourth-order valence-corrected chi connectivity index (χ4v) is 2.23. The van der Waals surface area contributed by atoms with E-state index in [4.69, 9.17) is 10.2 Å². The molecule has 0 atom stereocenters. The number of nitrogens with two attached hydrogens (primary N) is 1. The second-order valence-electron chi connectivity index (χ2n) is 4.71. The standard InChI is InChI=1S/C13H21N3O2/c14-12-6-5-11(18-12)13(17)15-7-1-2-8-16-9-3-4-10-16/h5-6H,1-4,7-10,14H2,(H,15,17). The Balaban J connectivity index is 1.56. The smallest absolute Gasteiger partial charge is 0.287 e. The molecular formula is C13H21N3O2. The molecule has 3 N–H and O–H groups in total. The van der Waals surface area contributed by atoms with Gasteiger partial charge >= 0.3 is 0 Å². The van der Waals surface area contributed by atoms with Gasteiger partial charge in [-0.2, -0.15) is 0 Å². The second kappa shape index (κ2) is 6.44. The van der Waals surface area contributed by atoms with Crippen LogP contribution >= 0.6 is 0 Å². The van der Waals surface area contributed by atoms with Crippen LogP contribution in [0.4, 0.5) is 5.88 Å². The fourth-order valence-electron chi connectivity index (χ4n) is 2.23. The molecule has 1 fully saturated rings. The van der Waals surface area contributed by atoms with Gasteiger partial charge in [0.1, 0.15) is 0 Å². The predicted octanol–water partition coefficient (Wildman–Crippen LogP) is 1.47. The van der Waals surface area contributed by atoms with Crippen molar-refractivity contribution < 1.29 is 9.21 Å². The SMILES string of the molecule is Nc1ccc(C(=O)NCCCCN2CCCC2)o1. The number of unbranched alkanes of at least 4 members (excludes halogenated alkanes) is 1. The number of amides is 1. The van der Waals surface area contributed by atoms with Crippen molar-refractivity contribution >= 4 is 11.8 Å². The van der Waals surface area contributed by atoms with E-state index < -0.39 is 0 Å². The highest BCUT2D eigenvalue weighted by molar-refractivity contribution is 5.91. The Labute approximate surface area is 107 Å². The molecule has 2 heterocycles. The molecule has 0 aromatic carbocycles. The number of hydrogen-bond acceptors (Lipinski definition) is 4. The van der Waals surface area contributed by atoms with Gasteiger partial charge in [-0.15, -0.1) is 0 Å². The van der Waals surface area contributed by atoms with Gasteiger partial charge in [0.15, 0.2) is 11.6 Å². The lowest BCUT2D eigenvalue weighted by Gasteiger charge is -2.13. The van der Waals surface area contributed by atoms with E-state index in [2.05, 4.69) is 10.2 Å². The Hall–Kier alpha value is -1.49. The highest BCUT2D eigenvalue weighted by Crippen LogP contribution is 2.09. The monoisotopic (exact) mass is 251 g/mol. The summed E-state index contributed by atoms with van der Waals surface area (Å²) in [5, 5.41) is 2.83. The molecule has 0 bridgehead atoms. The van der Waals surface area contributed by atoms with Crippen molar-refractivity contribution in [2.24, 2.45) is 0 Å². The van der Waals surface area contributed by atoms with Crippen LogP contribution < -0.4 is 11.1 Å². The van der Waals surface area contributed by atoms with Crippen molar-refractivity contribution in [3.8, 4) is 0 Å². The third-order valence-electron chi connectivity index (χ3n) is 3.24. The number of likely N-dealkylation sites (tertiary alicyclic amines) is 1. The van der Waals surface area contributed by atoms with Crippen molar-refractivity contribution in [1.82, 2.24) is 10.2 Å². The van der Waals surface area contributed by atoms with Crippen LogP contribution in [-0.4, -0.2) is 37.0 Å². The van der Waals surface area contributed by atoms with E-state index in [-0.39, 0.29) is 17.6 Å². The number of nitrogen functional groups attached to an aromatic ring is 1. The van der Waals surface area contributed by atoms with Crippen LogP contribution in [0.15, 0.2) is 16.5 Å². The first-order valence-electron chi connectivity index (χ1n) is 6.61. The minimum atomic E-state index is -0.187. The Morgan fingerprint density at radius 3 is 2.78 bits per heavy atom. The quantitative estimate of drug-likeness (QED) is 0.751. The molecule has 1 aliphatic rings. The Kier molecular flexibility index (Phi) is 4.64. The van der Waals surface area contributed by atoms with Gasteiger partial charge in [0.2, 0.25) is 0 Å². The van der Waals surface area contributed by atoms with E-state index in [0.29, 0.717) is 6.54 Å². The molecule has 2 rings (SSSR count). The second-order valence-corrected chi connectivity index (χ2v) is 4.71. The molecule has 100 valence electrons. The van der Waals surface area contributed by atoms with Crippen LogP contribution in [0.2, 0.25) is 0 Å². The van der Waals surface area contributed by atoms with Crippen molar-refractivity contribution in [1.29, 1.82) is 0 Å². The molecule has 0 spiro atoms. The van der Waals surface area contributed by atoms with Gasteiger partial charge in [0, 0.05) is 12.6 Å². The predicted molar refractivity (Wildman–Crippen MR) is 70.4 cm³/mol. The summed E-state index contributed by atoms with van der Waals surface area (Å²) in [6.07, 6.45) is 4.78. The van der Waals surface area contributed by atoms with Gasteiger partial charge in [0.25, 0.3) is 5.91 Å². The largest absolute Gasteiger partial charge is 0.436 e. The maximum atomic E-state index is 11.6. The molecule has 0 saturated carbocycles. The Bertz CT molecular complexity index is 383. The van der Waals surface area contributed by atoms with Crippen LogP contribution in [0.3, 0.4) is 0 Å². The van der Waals surface area contributed by atoms with Crippen LogP contribution in [-0.2, 0) is 0 Å². The van der Waals surface area contributed by atoms with Gasteiger partial charge in [0.05, 0.1) is 0 Å². The van der Waals surface area contributed by atoms with Gasteiger partial charge in [-0.3, -0.25) is 4.79 Å². The average molecular weight is 251 g/mol. The Morgan fingerprint density at radius 2 is 2.11 bits per heavy atom. The number of anilines is 1. The lowest BCUT2D eigenvalue weighted by molar-refractivity contribution is 0.0926. The first-order valence-corrected chi connectivity index (χ1v) is 6.61. The highest BCUT2D eigenvalue weighted by atomic mass is 16.4. The summed E-state index contributed by atoms with van der Waals surface area (Å²) in [5.41, 5.74) is 5.41. The zero-order chi connectivity index (χ0) is 12.8. The van der Waals surface area contributed by atoms with E-state index in [0.717, 1.165) is 19.4 Å². The maximum absolute atomic E-state index is 11.6. The summed E-state index contributed by atoms with van der Waals surface area (Å²) >= 11 is 0. The van der Waals surface area contributed by atoms with E-state index in [1.165, 1.54) is 25.9 Å². The number of rotatable bonds is 6. The van der Waals surface area contributed by atoms with E-state index in [9.17, 15) is 4.79 Å².